The van der Waals surface area contributed by atoms with Crippen molar-refractivity contribution in [3.05, 3.63) is 28.8 Å². The maximum Gasteiger partial charge on any atom is 0.122 e. The van der Waals surface area contributed by atoms with E-state index < -0.39 is 0 Å². The second-order valence-electron chi connectivity index (χ2n) is 5.58. The fourth-order valence-corrected chi connectivity index (χ4v) is 2.55. The van der Waals surface area contributed by atoms with E-state index in [9.17, 15) is 0 Å². The van der Waals surface area contributed by atoms with Crippen LogP contribution in [0, 0.1) is 0 Å². The molecule has 0 bridgehead atoms. The molecule has 114 valence electrons. The average Bonchev–Trinajstić information content (AvgIpc) is 2.39. The number of hydrogen-bond acceptors (Lipinski definition) is 3. The van der Waals surface area contributed by atoms with Crippen LogP contribution in [0.1, 0.15) is 32.8 Å². The van der Waals surface area contributed by atoms with Gasteiger partial charge in [-0.25, -0.2) is 0 Å². The number of ether oxygens (including phenoxy) is 2. The van der Waals surface area contributed by atoms with Gasteiger partial charge in [0.25, 0.3) is 0 Å². The number of nitrogens with one attached hydrogen (secondary N) is 1. The Morgan fingerprint density at radius 3 is 2.55 bits per heavy atom. The topological polar surface area (TPSA) is 30.5 Å². The highest BCUT2D eigenvalue weighted by molar-refractivity contribution is 6.30. The number of rotatable bonds is 8. The molecular weight excluding hydrogens is 274 g/mol. The smallest absolute Gasteiger partial charge is 0.122 e. The Morgan fingerprint density at radius 2 is 2.00 bits per heavy atom. The molecule has 1 aromatic rings. The van der Waals surface area contributed by atoms with Crippen molar-refractivity contribution >= 4 is 11.6 Å². The van der Waals surface area contributed by atoms with Gasteiger partial charge in [0.1, 0.15) is 5.75 Å². The third-order valence-electron chi connectivity index (χ3n) is 3.49. The lowest BCUT2D eigenvalue weighted by molar-refractivity contribution is 0.00722. The van der Waals surface area contributed by atoms with Crippen LogP contribution >= 0.6 is 11.6 Å². The predicted molar refractivity (Wildman–Crippen MR) is 84.9 cm³/mol. The van der Waals surface area contributed by atoms with Crippen molar-refractivity contribution in [3.8, 4) is 5.75 Å². The molecule has 1 aromatic carbocycles. The van der Waals surface area contributed by atoms with E-state index in [-0.39, 0.29) is 5.60 Å². The number of hydrogen-bond donors (Lipinski definition) is 1. The summed E-state index contributed by atoms with van der Waals surface area (Å²) < 4.78 is 11.0. The van der Waals surface area contributed by atoms with Gasteiger partial charge >= 0.3 is 0 Å². The van der Waals surface area contributed by atoms with Gasteiger partial charge in [0.15, 0.2) is 0 Å². The van der Waals surface area contributed by atoms with E-state index in [1.807, 2.05) is 18.2 Å². The van der Waals surface area contributed by atoms with Crippen molar-refractivity contribution < 1.29 is 9.47 Å². The van der Waals surface area contributed by atoms with Crippen molar-refractivity contribution in [3.63, 3.8) is 0 Å². The Morgan fingerprint density at radius 1 is 1.30 bits per heavy atom. The third kappa shape index (κ3) is 5.31. The second kappa shape index (κ2) is 7.87. The van der Waals surface area contributed by atoms with Crippen LogP contribution in [0.25, 0.3) is 0 Å². The Kier molecular flexibility index (Phi) is 6.80. The minimum absolute atomic E-state index is 0.154. The zero-order valence-electron chi connectivity index (χ0n) is 13.1. The monoisotopic (exact) mass is 299 g/mol. The molecular formula is C16H26ClNO2. The predicted octanol–water partition coefficient (Wildman–Crippen LogP) is 3.68. The summed E-state index contributed by atoms with van der Waals surface area (Å²) >= 11 is 6.09. The van der Waals surface area contributed by atoms with E-state index in [0.717, 1.165) is 35.7 Å². The Bertz CT molecular complexity index is 421. The standard InChI is InChI=1S/C16H26ClNO2/c1-6-18-14(11-16(2,3)20-5)10-12-9-13(17)7-8-15(12)19-4/h7-9,14,18H,6,10-11H2,1-5H3. The molecule has 0 aliphatic heterocycles. The van der Waals surface area contributed by atoms with Gasteiger partial charge in [-0.05, 0) is 57.0 Å². The van der Waals surface area contributed by atoms with Crippen molar-refractivity contribution in [2.45, 2.75) is 45.3 Å². The third-order valence-corrected chi connectivity index (χ3v) is 3.73. The fourth-order valence-electron chi connectivity index (χ4n) is 2.35. The summed E-state index contributed by atoms with van der Waals surface area (Å²) in [7, 11) is 3.44. The lowest BCUT2D eigenvalue weighted by atomic mass is 9.93. The van der Waals surface area contributed by atoms with Crippen LogP contribution in [0.15, 0.2) is 18.2 Å². The first kappa shape index (κ1) is 17.3. The average molecular weight is 300 g/mol. The second-order valence-corrected chi connectivity index (χ2v) is 6.02. The van der Waals surface area contributed by atoms with Crippen LogP contribution in [0.3, 0.4) is 0 Å². The molecule has 20 heavy (non-hydrogen) atoms. The highest BCUT2D eigenvalue weighted by Crippen LogP contribution is 2.26. The minimum Gasteiger partial charge on any atom is -0.496 e. The van der Waals surface area contributed by atoms with Gasteiger partial charge < -0.3 is 14.8 Å². The highest BCUT2D eigenvalue weighted by Gasteiger charge is 2.23. The van der Waals surface area contributed by atoms with E-state index in [4.69, 9.17) is 21.1 Å². The fraction of sp³-hybridized carbons (Fsp3) is 0.625. The molecule has 1 atom stereocenters. The molecule has 1 rings (SSSR count). The molecule has 0 amide bonds. The Balaban J connectivity index is 2.87. The van der Waals surface area contributed by atoms with Crippen LogP contribution in [0.4, 0.5) is 0 Å². The lowest BCUT2D eigenvalue weighted by Crippen LogP contribution is -2.39. The summed E-state index contributed by atoms with van der Waals surface area (Å²) in [6, 6.07) is 6.07. The lowest BCUT2D eigenvalue weighted by Gasteiger charge is -2.29. The largest absolute Gasteiger partial charge is 0.496 e. The number of methoxy groups -OCH3 is 2. The molecule has 0 aromatic heterocycles. The van der Waals surface area contributed by atoms with Gasteiger partial charge in [0.05, 0.1) is 12.7 Å². The number of likely N-dealkylation sites (N-methyl/N-ethyl adjacent to an activating group) is 1. The summed E-state index contributed by atoms with van der Waals surface area (Å²) in [5, 5.41) is 4.25. The molecule has 0 radical (unpaired) electrons. The summed E-state index contributed by atoms with van der Waals surface area (Å²) in [4.78, 5) is 0. The van der Waals surface area contributed by atoms with E-state index in [1.165, 1.54) is 0 Å². The van der Waals surface area contributed by atoms with Crippen molar-refractivity contribution in [2.75, 3.05) is 20.8 Å². The molecule has 1 N–H and O–H groups in total. The molecule has 0 heterocycles. The minimum atomic E-state index is -0.154. The van der Waals surface area contributed by atoms with Crippen LogP contribution in [0.2, 0.25) is 5.02 Å². The quantitative estimate of drug-likeness (QED) is 0.794. The molecule has 0 saturated heterocycles. The molecule has 0 aliphatic carbocycles. The first-order valence-electron chi connectivity index (χ1n) is 7.02. The Labute approximate surface area is 127 Å². The zero-order valence-corrected chi connectivity index (χ0v) is 13.9. The first-order chi connectivity index (χ1) is 9.41. The molecule has 1 unspecified atom stereocenters. The summed E-state index contributed by atoms with van der Waals surface area (Å²) in [6.45, 7) is 7.24. The molecule has 0 fully saturated rings. The van der Waals surface area contributed by atoms with Crippen LogP contribution in [-0.2, 0) is 11.2 Å². The molecule has 0 spiro atoms. The number of benzene rings is 1. The van der Waals surface area contributed by atoms with E-state index in [0.29, 0.717) is 6.04 Å². The molecule has 0 aliphatic rings. The molecule has 3 nitrogen and oxygen atoms in total. The summed E-state index contributed by atoms with van der Waals surface area (Å²) in [6.07, 6.45) is 1.79. The van der Waals surface area contributed by atoms with Crippen molar-refractivity contribution in [1.29, 1.82) is 0 Å². The SMILES string of the molecule is CCNC(Cc1cc(Cl)ccc1OC)CC(C)(C)OC. The van der Waals surface area contributed by atoms with E-state index in [1.54, 1.807) is 14.2 Å². The van der Waals surface area contributed by atoms with Crippen molar-refractivity contribution in [2.24, 2.45) is 0 Å². The normalized spacial score (nSPS) is 13.3. The molecule has 0 saturated carbocycles. The zero-order chi connectivity index (χ0) is 15.2. The first-order valence-corrected chi connectivity index (χ1v) is 7.40. The van der Waals surface area contributed by atoms with Gasteiger partial charge in [-0.2, -0.15) is 0 Å². The van der Waals surface area contributed by atoms with E-state index >= 15 is 0 Å². The highest BCUT2D eigenvalue weighted by atomic mass is 35.5. The van der Waals surface area contributed by atoms with Crippen LogP contribution in [0.5, 0.6) is 5.75 Å². The van der Waals surface area contributed by atoms with Crippen molar-refractivity contribution in [1.82, 2.24) is 5.32 Å². The van der Waals surface area contributed by atoms with Gasteiger partial charge in [-0.1, -0.05) is 18.5 Å². The Hall–Kier alpha value is -0.770. The molecule has 4 heteroatoms. The maximum atomic E-state index is 6.09. The summed E-state index contributed by atoms with van der Waals surface area (Å²) in [5.74, 6) is 0.882. The van der Waals surface area contributed by atoms with E-state index in [2.05, 4.69) is 26.1 Å². The van der Waals surface area contributed by atoms with Gasteiger partial charge in [0, 0.05) is 18.2 Å². The van der Waals surface area contributed by atoms with Gasteiger partial charge in [-0.3, -0.25) is 0 Å². The van der Waals surface area contributed by atoms with Crippen LogP contribution in [-0.4, -0.2) is 32.4 Å². The van der Waals surface area contributed by atoms with Crippen LogP contribution < -0.4 is 10.1 Å². The summed E-state index contributed by atoms with van der Waals surface area (Å²) in [5.41, 5.74) is 0.969. The van der Waals surface area contributed by atoms with Gasteiger partial charge in [0.2, 0.25) is 0 Å². The number of halogens is 1. The van der Waals surface area contributed by atoms with Gasteiger partial charge in [-0.15, -0.1) is 0 Å². The maximum absolute atomic E-state index is 6.09.